The Morgan fingerprint density at radius 2 is 1.62 bits per heavy atom. The van der Waals surface area contributed by atoms with Crippen LogP contribution < -0.4 is 0 Å². The number of alkyl halides is 1. The fourth-order valence-electron chi connectivity index (χ4n) is 12.3. The van der Waals surface area contributed by atoms with E-state index in [0.29, 0.717) is 31.6 Å². The number of aromatic nitrogens is 3. The van der Waals surface area contributed by atoms with E-state index in [1.54, 1.807) is 61.8 Å². The van der Waals surface area contributed by atoms with Crippen LogP contribution in [-0.2, 0) is 55.7 Å². The number of ether oxygens (including phenoxy) is 8. The number of carbonyl (C=O) groups excluding carboxylic acids is 1. The number of morpholine rings is 1. The predicted octanol–water partition coefficient (Wildman–Crippen LogP) is 3.84. The van der Waals surface area contributed by atoms with E-state index in [9.17, 15) is 34.7 Å². The Labute approximate surface area is 456 Å². The van der Waals surface area contributed by atoms with Crippen LogP contribution in [0.2, 0.25) is 0 Å². The number of halogens is 1. The van der Waals surface area contributed by atoms with E-state index < -0.39 is 127 Å². The molecule has 0 unspecified atom stereocenters. The number of carbonyl (C=O) groups is 1. The molecule has 5 N–H and O–H groups in total. The quantitative estimate of drug-likeness (QED) is 0.142. The van der Waals surface area contributed by atoms with Gasteiger partial charge in [-0.05, 0) is 98.9 Å². The number of esters is 1. The smallest absolute Gasteiger partial charge is 0.311 e. The summed E-state index contributed by atoms with van der Waals surface area (Å²) in [6.45, 7) is 21.6. The van der Waals surface area contributed by atoms with Gasteiger partial charge in [0.25, 0.3) is 0 Å². The molecular formula is C56H95FN6O14. The highest BCUT2D eigenvalue weighted by molar-refractivity contribution is 5.73. The number of likely N-dealkylation sites (N-methyl/N-ethyl adjacent to an activating group) is 2. The summed E-state index contributed by atoms with van der Waals surface area (Å²) < 4.78 is 66.2. The molecule has 4 fully saturated rings. The number of aliphatic hydroxyl groups is 5. The maximum absolute atomic E-state index is 15.0. The van der Waals surface area contributed by atoms with E-state index in [1.807, 2.05) is 62.0 Å². The van der Waals surface area contributed by atoms with Crippen molar-refractivity contribution in [2.45, 2.75) is 210 Å². The minimum atomic E-state index is -1.85. The molecule has 0 amide bonds. The summed E-state index contributed by atoms with van der Waals surface area (Å²) in [5.41, 5.74) is -1.99. The van der Waals surface area contributed by atoms with Gasteiger partial charge in [-0.1, -0.05) is 50.3 Å². The molecule has 2 aromatic rings. The van der Waals surface area contributed by atoms with E-state index >= 15 is 0 Å². The van der Waals surface area contributed by atoms with Gasteiger partial charge in [0.2, 0.25) is 0 Å². The summed E-state index contributed by atoms with van der Waals surface area (Å²) >= 11 is 0. The average molecular weight is 1100 g/mol. The lowest BCUT2D eigenvalue weighted by Crippen LogP contribution is -2.61. The molecule has 0 radical (unpaired) electrons. The van der Waals surface area contributed by atoms with Crippen molar-refractivity contribution in [2.75, 3.05) is 74.4 Å². The Bertz CT molecular complexity index is 2120. The first kappa shape index (κ1) is 63.3. The average Bonchev–Trinajstić information content (AvgIpc) is 3.88. The standard InChI is InChI=1S/C56H95FN6O14/c1-15-44-56(10,69)49(65)37(6)61(12)30-33(2)27-54(8,68)51(35(4)47(36(5)52(67)75-44)76-45-28-55(9,71-14)50(66)38(7)74-45)77-53-46(64)42(26-34(3)73-53)60(11)21-20-41-32-63(59-58-41)43(29-57)48(70-13)40-18-16-39(17-19-40)31-62-22-24-72-25-23-62/h16-19,32-38,42-51,53,64-66,68-69H,15,20-31H2,1-14H3/t33-,34-,35+,36-,37-,38+,42+,43-,44-,45+,46-,47+,48-,49-,50+,51-,53+,54-,55-,56-/m1/s1. The lowest BCUT2D eigenvalue weighted by molar-refractivity contribution is -0.318. The Kier molecular flexibility index (Phi) is 22.4. The molecule has 0 saturated carbocycles. The van der Waals surface area contributed by atoms with Gasteiger partial charge < -0.3 is 73.2 Å². The molecule has 4 aliphatic rings. The molecule has 6 rings (SSSR count). The molecule has 1 aromatic heterocycles. The molecule has 1 aromatic carbocycles. The van der Waals surface area contributed by atoms with Crippen molar-refractivity contribution in [1.82, 2.24) is 29.7 Å². The zero-order valence-corrected chi connectivity index (χ0v) is 48.4. The van der Waals surface area contributed by atoms with Crippen molar-refractivity contribution in [3.05, 3.63) is 47.3 Å². The number of rotatable bonds is 17. The molecule has 21 heteroatoms. The van der Waals surface area contributed by atoms with Crippen LogP contribution in [0.25, 0.3) is 0 Å². The Hall–Kier alpha value is -2.84. The van der Waals surface area contributed by atoms with Crippen LogP contribution in [0.5, 0.6) is 0 Å². The third-order valence-corrected chi connectivity index (χ3v) is 17.3. The number of aliphatic hydroxyl groups excluding tert-OH is 3. The van der Waals surface area contributed by atoms with Crippen LogP contribution in [0.4, 0.5) is 4.39 Å². The summed E-state index contributed by atoms with van der Waals surface area (Å²) in [5.74, 6) is -2.87. The van der Waals surface area contributed by atoms with Crippen LogP contribution in [0.15, 0.2) is 30.5 Å². The third kappa shape index (κ3) is 15.2. The van der Waals surface area contributed by atoms with Gasteiger partial charge >= 0.3 is 5.97 Å². The number of hydrogen-bond donors (Lipinski definition) is 5. The number of methoxy groups -OCH3 is 2. The molecule has 440 valence electrons. The second-order valence-electron chi connectivity index (χ2n) is 23.6. The molecule has 5 heterocycles. The lowest BCUT2D eigenvalue weighted by atomic mass is 9.77. The van der Waals surface area contributed by atoms with Gasteiger partial charge in [-0.3, -0.25) is 9.69 Å². The topological polar surface area (TPSA) is 232 Å². The first-order valence-electron chi connectivity index (χ1n) is 27.9. The van der Waals surface area contributed by atoms with Crippen molar-refractivity contribution in [2.24, 2.45) is 17.8 Å². The monoisotopic (exact) mass is 1090 g/mol. The largest absolute Gasteiger partial charge is 0.459 e. The number of cyclic esters (lactones) is 1. The summed E-state index contributed by atoms with van der Waals surface area (Å²) in [5, 5.41) is 68.7. The summed E-state index contributed by atoms with van der Waals surface area (Å²) in [6, 6.07) is 6.21. The van der Waals surface area contributed by atoms with Crippen LogP contribution >= 0.6 is 0 Å². The highest BCUT2D eigenvalue weighted by Gasteiger charge is 2.53. The number of nitrogens with zero attached hydrogens (tertiary/aromatic N) is 6. The molecular weight excluding hydrogens is 1000 g/mol. The zero-order valence-electron chi connectivity index (χ0n) is 48.4. The minimum absolute atomic E-state index is 0.0861. The fraction of sp³-hybridized carbons (Fsp3) is 0.839. The number of benzene rings is 1. The van der Waals surface area contributed by atoms with E-state index in [0.717, 1.165) is 44.0 Å². The summed E-state index contributed by atoms with van der Waals surface area (Å²) in [4.78, 5) is 20.8. The van der Waals surface area contributed by atoms with E-state index in [-0.39, 0.29) is 25.2 Å². The molecule has 77 heavy (non-hydrogen) atoms. The Morgan fingerprint density at radius 1 is 0.948 bits per heavy atom. The molecule has 4 saturated heterocycles. The van der Waals surface area contributed by atoms with Crippen LogP contribution in [0.3, 0.4) is 0 Å². The van der Waals surface area contributed by atoms with E-state index in [1.165, 1.54) is 18.7 Å². The third-order valence-electron chi connectivity index (χ3n) is 17.3. The SMILES string of the molecule is CC[C@H]1OC(=O)[C@H](C)[C@@H](O[C@H]2C[C@@](C)(OC)[C@@H](O)[C@H](C)O2)[C@H](C)[C@@H](O[C@@H]2O[C@H](C)C[C@H](N(C)CCc3cn([C@H](CF)[C@H](OC)c4ccc(CN5CCOCC5)cc4)nn3)[C@H]2O)[C@](C)(O)C[C@@H](C)CN(C)[C@H](C)[C@@H](O)[C@]1(C)O. The van der Waals surface area contributed by atoms with Crippen LogP contribution in [0, 0.1) is 17.8 Å². The van der Waals surface area contributed by atoms with Gasteiger partial charge in [-0.25, -0.2) is 9.07 Å². The van der Waals surface area contributed by atoms with Gasteiger partial charge in [0.05, 0.1) is 60.4 Å². The maximum atomic E-state index is 15.0. The summed E-state index contributed by atoms with van der Waals surface area (Å²) in [7, 11) is 6.79. The lowest BCUT2D eigenvalue weighted by Gasteiger charge is -2.49. The number of hydrogen-bond acceptors (Lipinski definition) is 19. The van der Waals surface area contributed by atoms with Crippen molar-refractivity contribution < 1.29 is 72.6 Å². The van der Waals surface area contributed by atoms with Gasteiger partial charge in [-0.15, -0.1) is 5.10 Å². The molecule has 0 bridgehead atoms. The van der Waals surface area contributed by atoms with Crippen molar-refractivity contribution in [1.29, 1.82) is 0 Å². The summed E-state index contributed by atoms with van der Waals surface area (Å²) in [6.07, 6.45) is -7.89. The Balaban J connectivity index is 1.24. The van der Waals surface area contributed by atoms with Crippen LogP contribution in [0.1, 0.15) is 124 Å². The molecule has 20 atom stereocenters. The first-order valence-corrected chi connectivity index (χ1v) is 27.9. The molecule has 0 spiro atoms. The Morgan fingerprint density at radius 3 is 2.25 bits per heavy atom. The maximum Gasteiger partial charge on any atom is 0.311 e. The zero-order chi connectivity index (χ0) is 56.7. The molecule has 20 nitrogen and oxygen atoms in total. The van der Waals surface area contributed by atoms with Crippen molar-refractivity contribution >= 4 is 5.97 Å². The predicted molar refractivity (Wildman–Crippen MR) is 284 cm³/mol. The molecule has 4 aliphatic heterocycles. The highest BCUT2D eigenvalue weighted by atomic mass is 19.1. The highest BCUT2D eigenvalue weighted by Crippen LogP contribution is 2.41. The van der Waals surface area contributed by atoms with Crippen LogP contribution in [-0.4, -0.2) is 226 Å². The molecule has 0 aliphatic carbocycles. The van der Waals surface area contributed by atoms with E-state index in [2.05, 4.69) is 15.2 Å². The van der Waals surface area contributed by atoms with Gasteiger partial charge in [0, 0.05) is 84.0 Å². The van der Waals surface area contributed by atoms with Gasteiger partial charge in [-0.2, -0.15) is 0 Å². The second kappa shape index (κ2) is 27.3. The minimum Gasteiger partial charge on any atom is -0.459 e. The van der Waals surface area contributed by atoms with Gasteiger partial charge in [0.1, 0.15) is 48.8 Å². The van der Waals surface area contributed by atoms with Gasteiger partial charge in [0.15, 0.2) is 12.6 Å². The second-order valence-corrected chi connectivity index (χ2v) is 23.6. The first-order chi connectivity index (χ1) is 36.3. The fourth-order valence-corrected chi connectivity index (χ4v) is 12.3. The van der Waals surface area contributed by atoms with Crippen molar-refractivity contribution in [3.8, 4) is 0 Å². The van der Waals surface area contributed by atoms with E-state index in [4.69, 9.17) is 37.9 Å². The van der Waals surface area contributed by atoms with Crippen molar-refractivity contribution in [3.63, 3.8) is 0 Å². The normalized spacial score (nSPS) is 39.6.